The van der Waals surface area contributed by atoms with Gasteiger partial charge in [-0.2, -0.15) is 5.26 Å². The Morgan fingerprint density at radius 1 is 1.69 bits per heavy atom. The molecule has 0 atom stereocenters. The van der Waals surface area contributed by atoms with Crippen LogP contribution in [0.4, 0.5) is 0 Å². The van der Waals surface area contributed by atoms with Crippen molar-refractivity contribution in [1.29, 1.82) is 5.26 Å². The number of rotatable bonds is 4. The van der Waals surface area contributed by atoms with Crippen LogP contribution in [-0.4, -0.2) is 18.1 Å². The topological polar surface area (TPSA) is 76.1 Å². The molecule has 0 spiro atoms. The van der Waals surface area contributed by atoms with Gasteiger partial charge in [-0.05, 0) is 26.8 Å². The van der Waals surface area contributed by atoms with Crippen LogP contribution < -0.4 is 5.73 Å². The first kappa shape index (κ1) is 11.7. The van der Waals surface area contributed by atoms with E-state index in [1.165, 1.54) is 6.08 Å². The number of primary amides is 1. The molecular weight excluding hydrogens is 168 g/mol. The van der Waals surface area contributed by atoms with Crippen molar-refractivity contribution in [2.24, 2.45) is 5.73 Å². The molecule has 0 saturated heterocycles. The smallest absolute Gasteiger partial charge is 0.259 e. The minimum atomic E-state index is -0.727. The third-order valence-corrected chi connectivity index (χ3v) is 1.39. The highest BCUT2D eigenvalue weighted by molar-refractivity contribution is 5.96. The van der Waals surface area contributed by atoms with Gasteiger partial charge >= 0.3 is 0 Å². The van der Waals surface area contributed by atoms with Crippen molar-refractivity contribution in [2.75, 3.05) is 6.61 Å². The molecule has 0 aromatic carbocycles. The van der Waals surface area contributed by atoms with Crippen molar-refractivity contribution in [3.63, 3.8) is 0 Å². The van der Waals surface area contributed by atoms with Crippen LogP contribution in [-0.2, 0) is 9.53 Å². The zero-order valence-corrected chi connectivity index (χ0v) is 8.13. The second-order valence-electron chi connectivity index (χ2n) is 3.07. The molecule has 0 radical (unpaired) electrons. The predicted molar refractivity (Wildman–Crippen MR) is 48.6 cm³/mol. The first-order chi connectivity index (χ1) is 5.93. The summed E-state index contributed by atoms with van der Waals surface area (Å²) in [7, 11) is 0. The monoisotopic (exact) mass is 182 g/mol. The van der Waals surface area contributed by atoms with Crippen molar-refractivity contribution < 1.29 is 9.53 Å². The number of carbonyl (C=O) groups is 1. The molecule has 0 fully saturated rings. The molecule has 0 saturated carbocycles. The van der Waals surface area contributed by atoms with E-state index in [9.17, 15) is 4.79 Å². The molecule has 4 nitrogen and oxygen atoms in total. The molecule has 0 bridgehead atoms. The summed E-state index contributed by atoms with van der Waals surface area (Å²) in [4.78, 5) is 10.7. The maximum Gasteiger partial charge on any atom is 0.259 e. The minimum Gasteiger partial charge on any atom is -0.372 e. The molecule has 0 aromatic heterocycles. The van der Waals surface area contributed by atoms with E-state index in [-0.39, 0.29) is 5.57 Å². The summed E-state index contributed by atoms with van der Waals surface area (Å²) >= 11 is 0. The van der Waals surface area contributed by atoms with Crippen molar-refractivity contribution in [3.05, 3.63) is 11.6 Å². The van der Waals surface area contributed by atoms with Gasteiger partial charge in [0.25, 0.3) is 5.91 Å². The van der Waals surface area contributed by atoms with E-state index in [0.717, 1.165) is 0 Å². The van der Waals surface area contributed by atoms with Gasteiger partial charge in [-0.3, -0.25) is 4.79 Å². The molecule has 0 unspecified atom stereocenters. The van der Waals surface area contributed by atoms with Gasteiger partial charge in [-0.15, -0.1) is 0 Å². The van der Waals surface area contributed by atoms with Gasteiger partial charge in [0.2, 0.25) is 0 Å². The van der Waals surface area contributed by atoms with E-state index in [2.05, 4.69) is 0 Å². The fourth-order valence-corrected chi connectivity index (χ4v) is 0.920. The van der Waals surface area contributed by atoms with E-state index >= 15 is 0 Å². The van der Waals surface area contributed by atoms with Crippen LogP contribution in [0.1, 0.15) is 20.8 Å². The predicted octanol–water partition coefficient (Wildman–Crippen LogP) is 0.737. The normalized spacial score (nSPS) is 12.3. The van der Waals surface area contributed by atoms with Gasteiger partial charge in [-0.25, -0.2) is 0 Å². The molecule has 0 rings (SSSR count). The molecule has 1 amide bonds. The number of nitriles is 1. The van der Waals surface area contributed by atoms with Crippen molar-refractivity contribution in [1.82, 2.24) is 0 Å². The number of amides is 1. The minimum absolute atomic E-state index is 0.0709. The van der Waals surface area contributed by atoms with Crippen molar-refractivity contribution in [2.45, 2.75) is 26.4 Å². The van der Waals surface area contributed by atoms with Crippen LogP contribution in [0, 0.1) is 11.3 Å². The molecule has 0 aliphatic carbocycles. The van der Waals surface area contributed by atoms with E-state index < -0.39 is 11.5 Å². The Balaban J connectivity index is 4.70. The number of nitrogens with zero attached hydrogens (tertiary/aromatic N) is 1. The third-order valence-electron chi connectivity index (χ3n) is 1.39. The van der Waals surface area contributed by atoms with Crippen LogP contribution in [0.2, 0.25) is 0 Å². The van der Waals surface area contributed by atoms with Crippen LogP contribution >= 0.6 is 0 Å². The average Bonchev–Trinajstić information content (AvgIpc) is 1.99. The molecule has 4 heteroatoms. The quantitative estimate of drug-likeness (QED) is 0.514. The highest BCUT2D eigenvalue weighted by Gasteiger charge is 2.17. The number of hydrogen-bond donors (Lipinski definition) is 1. The molecule has 2 N–H and O–H groups in total. The molecule has 0 aromatic rings. The van der Waals surface area contributed by atoms with Gasteiger partial charge in [0.15, 0.2) is 0 Å². The van der Waals surface area contributed by atoms with E-state index in [0.29, 0.717) is 6.61 Å². The van der Waals surface area contributed by atoms with Gasteiger partial charge in [0, 0.05) is 6.61 Å². The maximum absolute atomic E-state index is 10.7. The lowest BCUT2D eigenvalue weighted by Gasteiger charge is -2.20. The Morgan fingerprint density at radius 3 is 2.54 bits per heavy atom. The molecule has 13 heavy (non-hydrogen) atoms. The summed E-state index contributed by atoms with van der Waals surface area (Å²) in [5.41, 5.74) is 4.26. The average molecular weight is 182 g/mol. The Labute approximate surface area is 78.0 Å². The van der Waals surface area contributed by atoms with Crippen LogP contribution in [0.25, 0.3) is 0 Å². The lowest BCUT2D eigenvalue weighted by atomic mass is 10.1. The zero-order valence-electron chi connectivity index (χ0n) is 8.13. The molecule has 72 valence electrons. The van der Waals surface area contributed by atoms with E-state index in [1.807, 2.05) is 6.92 Å². The Bertz CT molecular complexity index is 261. The number of carbonyl (C=O) groups excluding carboxylic acids is 1. The second kappa shape index (κ2) is 4.63. The largest absolute Gasteiger partial charge is 0.372 e. The van der Waals surface area contributed by atoms with Crippen molar-refractivity contribution >= 4 is 5.91 Å². The summed E-state index contributed by atoms with van der Waals surface area (Å²) in [5.74, 6) is -0.727. The Morgan fingerprint density at radius 2 is 2.23 bits per heavy atom. The van der Waals surface area contributed by atoms with Crippen LogP contribution in [0.3, 0.4) is 0 Å². The standard InChI is InChI=1S/C9H14N2O2/c1-4-13-9(2,3)5-7(6-10)8(11)12/h5H,4H2,1-3H3,(H2,11,12)/b7-5+. The molecule has 0 aliphatic rings. The first-order valence-electron chi connectivity index (χ1n) is 3.99. The van der Waals surface area contributed by atoms with Crippen LogP contribution in [0.5, 0.6) is 0 Å². The lowest BCUT2D eigenvalue weighted by molar-refractivity contribution is -0.114. The summed E-state index contributed by atoms with van der Waals surface area (Å²) < 4.78 is 5.28. The molecular formula is C9H14N2O2. The first-order valence-corrected chi connectivity index (χ1v) is 3.99. The fraction of sp³-hybridized carbons (Fsp3) is 0.556. The number of hydrogen-bond acceptors (Lipinski definition) is 3. The van der Waals surface area contributed by atoms with Crippen molar-refractivity contribution in [3.8, 4) is 6.07 Å². The fourth-order valence-electron chi connectivity index (χ4n) is 0.920. The Hall–Kier alpha value is -1.34. The van der Waals surface area contributed by atoms with Gasteiger partial charge in [-0.1, -0.05) is 0 Å². The number of ether oxygens (including phenoxy) is 1. The summed E-state index contributed by atoms with van der Waals surface area (Å²) in [6, 6.07) is 1.72. The highest BCUT2D eigenvalue weighted by Crippen LogP contribution is 2.13. The second-order valence-corrected chi connectivity index (χ2v) is 3.07. The van der Waals surface area contributed by atoms with Gasteiger partial charge < -0.3 is 10.5 Å². The maximum atomic E-state index is 10.7. The van der Waals surface area contributed by atoms with Gasteiger partial charge in [0.1, 0.15) is 11.6 Å². The molecule has 0 heterocycles. The zero-order chi connectivity index (χ0) is 10.5. The van der Waals surface area contributed by atoms with E-state index in [1.54, 1.807) is 19.9 Å². The summed E-state index contributed by atoms with van der Waals surface area (Å²) in [6.07, 6.45) is 1.43. The SMILES string of the molecule is CCOC(C)(C)/C=C(\C#N)C(N)=O. The highest BCUT2D eigenvalue weighted by atomic mass is 16.5. The Kier molecular flexibility index (Phi) is 4.15. The summed E-state index contributed by atoms with van der Waals surface area (Å²) in [6.45, 7) is 5.88. The number of nitrogens with two attached hydrogens (primary N) is 1. The summed E-state index contributed by atoms with van der Waals surface area (Å²) in [5, 5.41) is 8.55. The lowest BCUT2D eigenvalue weighted by Crippen LogP contribution is -2.24. The van der Waals surface area contributed by atoms with Gasteiger partial charge in [0.05, 0.1) is 5.60 Å². The molecule has 0 aliphatic heterocycles. The van der Waals surface area contributed by atoms with Crippen LogP contribution in [0.15, 0.2) is 11.6 Å². The third kappa shape index (κ3) is 4.28. The van der Waals surface area contributed by atoms with E-state index in [4.69, 9.17) is 15.7 Å².